The largest absolute Gasteiger partial charge is 0.481 e. The van der Waals surface area contributed by atoms with Gasteiger partial charge in [-0.1, -0.05) is 6.92 Å². The first-order valence-corrected chi connectivity index (χ1v) is 7.43. The van der Waals surface area contributed by atoms with Crippen LogP contribution in [0.1, 0.15) is 33.6 Å². The molecule has 0 aromatic heterocycles. The van der Waals surface area contributed by atoms with Crippen molar-refractivity contribution in [1.29, 1.82) is 0 Å². The highest BCUT2D eigenvalue weighted by atomic mass is 16.4. The van der Waals surface area contributed by atoms with E-state index in [9.17, 15) is 9.59 Å². The Morgan fingerprint density at radius 2 is 1.90 bits per heavy atom. The van der Waals surface area contributed by atoms with Gasteiger partial charge in [-0.2, -0.15) is 0 Å². The summed E-state index contributed by atoms with van der Waals surface area (Å²) in [6, 6.07) is -0.655. The van der Waals surface area contributed by atoms with Gasteiger partial charge >= 0.3 is 12.0 Å². The van der Waals surface area contributed by atoms with Crippen molar-refractivity contribution in [3.8, 4) is 0 Å². The van der Waals surface area contributed by atoms with Crippen LogP contribution in [0.3, 0.4) is 0 Å². The summed E-state index contributed by atoms with van der Waals surface area (Å²) in [6.45, 7) is 9.40. The Kier molecular flexibility index (Phi) is 6.78. The van der Waals surface area contributed by atoms with Crippen molar-refractivity contribution in [3.05, 3.63) is 0 Å². The number of urea groups is 1. The zero-order valence-electron chi connectivity index (χ0n) is 12.7. The summed E-state index contributed by atoms with van der Waals surface area (Å²) in [5.74, 6) is -0.964. The van der Waals surface area contributed by atoms with E-state index < -0.39 is 11.9 Å². The van der Waals surface area contributed by atoms with Crippen molar-refractivity contribution in [2.75, 3.05) is 26.2 Å². The van der Waals surface area contributed by atoms with Gasteiger partial charge in [-0.3, -0.25) is 4.79 Å². The van der Waals surface area contributed by atoms with E-state index in [1.165, 1.54) is 0 Å². The summed E-state index contributed by atoms with van der Waals surface area (Å²) in [7, 11) is 0. The lowest BCUT2D eigenvalue weighted by Gasteiger charge is -2.31. The van der Waals surface area contributed by atoms with Crippen molar-refractivity contribution < 1.29 is 14.7 Å². The fourth-order valence-corrected chi connectivity index (χ4v) is 2.34. The van der Waals surface area contributed by atoms with Gasteiger partial charge in [-0.15, -0.1) is 0 Å². The van der Waals surface area contributed by atoms with E-state index >= 15 is 0 Å². The Hall–Kier alpha value is -1.30. The van der Waals surface area contributed by atoms with Crippen LogP contribution in [0, 0.1) is 11.8 Å². The molecule has 2 unspecified atom stereocenters. The van der Waals surface area contributed by atoms with E-state index in [1.807, 2.05) is 0 Å². The van der Waals surface area contributed by atoms with Gasteiger partial charge in [-0.25, -0.2) is 4.79 Å². The number of piperidine rings is 1. The van der Waals surface area contributed by atoms with Gasteiger partial charge < -0.3 is 20.6 Å². The van der Waals surface area contributed by atoms with Gasteiger partial charge in [0.25, 0.3) is 0 Å². The van der Waals surface area contributed by atoms with Crippen molar-refractivity contribution in [1.82, 2.24) is 15.5 Å². The standard InChI is InChI=1S/C14H27N3O3/c1-4-17-7-5-12(6-8-17)9-15-14(20)16-11(3)10(2)13(18)19/h10-12H,4-9H2,1-3H3,(H,18,19)(H2,15,16,20). The molecular formula is C14H27N3O3. The highest BCUT2D eigenvalue weighted by Gasteiger charge is 2.22. The van der Waals surface area contributed by atoms with Crippen LogP contribution in [0.2, 0.25) is 0 Å². The van der Waals surface area contributed by atoms with Crippen LogP contribution >= 0.6 is 0 Å². The second-order valence-electron chi connectivity index (χ2n) is 5.65. The normalized spacial score (nSPS) is 20.1. The number of nitrogens with one attached hydrogen (secondary N) is 2. The van der Waals surface area contributed by atoms with Gasteiger partial charge in [0.2, 0.25) is 0 Å². The third-order valence-corrected chi connectivity index (χ3v) is 4.20. The molecule has 1 aliphatic rings. The summed E-state index contributed by atoms with van der Waals surface area (Å²) in [5, 5.41) is 14.4. The predicted molar refractivity (Wildman–Crippen MR) is 77.6 cm³/mol. The molecule has 1 fully saturated rings. The molecule has 0 radical (unpaired) electrons. The molecule has 0 spiro atoms. The van der Waals surface area contributed by atoms with E-state index in [1.54, 1.807) is 13.8 Å². The van der Waals surface area contributed by atoms with Crippen LogP contribution in [0.4, 0.5) is 4.79 Å². The van der Waals surface area contributed by atoms with Gasteiger partial charge in [-0.05, 0) is 52.2 Å². The topological polar surface area (TPSA) is 81.7 Å². The Bertz CT molecular complexity index is 328. The number of hydrogen-bond acceptors (Lipinski definition) is 3. The Labute approximate surface area is 120 Å². The van der Waals surface area contributed by atoms with Crippen molar-refractivity contribution in [2.24, 2.45) is 11.8 Å². The molecule has 3 N–H and O–H groups in total. The summed E-state index contributed by atoms with van der Waals surface area (Å²) >= 11 is 0. The molecule has 6 heteroatoms. The summed E-state index contributed by atoms with van der Waals surface area (Å²) in [6.07, 6.45) is 2.21. The van der Waals surface area contributed by atoms with Crippen molar-refractivity contribution in [2.45, 2.75) is 39.7 Å². The zero-order chi connectivity index (χ0) is 15.1. The maximum atomic E-state index is 11.7. The van der Waals surface area contributed by atoms with E-state index in [4.69, 9.17) is 5.11 Å². The monoisotopic (exact) mass is 285 g/mol. The lowest BCUT2D eigenvalue weighted by atomic mass is 9.97. The molecule has 1 rings (SSSR count). The SMILES string of the molecule is CCN1CCC(CNC(=O)NC(C)C(C)C(=O)O)CC1. The van der Waals surface area contributed by atoms with Crippen molar-refractivity contribution in [3.63, 3.8) is 0 Å². The molecule has 0 aromatic carbocycles. The molecule has 2 atom stereocenters. The fraction of sp³-hybridized carbons (Fsp3) is 0.857. The first-order chi connectivity index (χ1) is 9.43. The molecule has 6 nitrogen and oxygen atoms in total. The molecule has 0 saturated carbocycles. The van der Waals surface area contributed by atoms with Crippen molar-refractivity contribution >= 4 is 12.0 Å². The number of amides is 2. The Morgan fingerprint density at radius 1 is 1.30 bits per heavy atom. The number of carboxylic acid groups (broad SMARTS) is 1. The minimum Gasteiger partial charge on any atom is -0.481 e. The van der Waals surface area contributed by atoms with Crippen LogP contribution in [-0.2, 0) is 4.79 Å². The second-order valence-corrected chi connectivity index (χ2v) is 5.65. The molecule has 0 aliphatic carbocycles. The number of likely N-dealkylation sites (tertiary alicyclic amines) is 1. The summed E-state index contributed by atoms with van der Waals surface area (Å²) in [5.41, 5.74) is 0. The van der Waals surface area contributed by atoms with E-state index in [2.05, 4.69) is 22.5 Å². The number of carbonyl (C=O) groups excluding carboxylic acids is 1. The van der Waals surface area contributed by atoms with E-state index in [0.717, 1.165) is 32.5 Å². The summed E-state index contributed by atoms with van der Waals surface area (Å²) < 4.78 is 0. The average molecular weight is 285 g/mol. The number of hydrogen-bond donors (Lipinski definition) is 3. The van der Waals surface area contributed by atoms with Gasteiger partial charge in [0.1, 0.15) is 0 Å². The second kappa shape index (κ2) is 8.09. The average Bonchev–Trinajstić information content (AvgIpc) is 2.44. The fourth-order valence-electron chi connectivity index (χ4n) is 2.34. The minimum absolute atomic E-state index is 0.275. The molecule has 2 amide bonds. The number of rotatable bonds is 6. The molecular weight excluding hydrogens is 258 g/mol. The van der Waals surface area contributed by atoms with E-state index in [0.29, 0.717) is 12.5 Å². The number of nitrogens with zero attached hydrogens (tertiary/aromatic N) is 1. The zero-order valence-corrected chi connectivity index (χ0v) is 12.7. The van der Waals surface area contributed by atoms with E-state index in [-0.39, 0.29) is 12.1 Å². The first kappa shape index (κ1) is 16.8. The first-order valence-electron chi connectivity index (χ1n) is 7.43. The lowest BCUT2D eigenvalue weighted by molar-refractivity contribution is -0.141. The predicted octanol–water partition coefficient (Wildman–Crippen LogP) is 1.13. The summed E-state index contributed by atoms with van der Waals surface area (Å²) in [4.78, 5) is 24.9. The molecule has 20 heavy (non-hydrogen) atoms. The van der Waals surface area contributed by atoms with Crippen LogP contribution in [-0.4, -0.2) is 54.2 Å². The third-order valence-electron chi connectivity index (χ3n) is 4.20. The van der Waals surface area contributed by atoms with Crippen LogP contribution < -0.4 is 10.6 Å². The third kappa shape index (κ3) is 5.36. The van der Waals surface area contributed by atoms with Gasteiger partial charge in [0.05, 0.1) is 5.92 Å². The molecule has 0 bridgehead atoms. The molecule has 1 heterocycles. The number of aliphatic carboxylic acids is 1. The molecule has 116 valence electrons. The Balaban J connectivity index is 2.22. The molecule has 1 aliphatic heterocycles. The maximum absolute atomic E-state index is 11.7. The molecule has 0 aromatic rings. The number of carboxylic acids is 1. The molecule has 1 saturated heterocycles. The lowest BCUT2D eigenvalue weighted by Crippen LogP contribution is -2.47. The minimum atomic E-state index is -0.898. The van der Waals surface area contributed by atoms with Crippen LogP contribution in [0.25, 0.3) is 0 Å². The van der Waals surface area contributed by atoms with Gasteiger partial charge in [0.15, 0.2) is 0 Å². The van der Waals surface area contributed by atoms with Crippen LogP contribution in [0.5, 0.6) is 0 Å². The Morgan fingerprint density at radius 3 is 2.40 bits per heavy atom. The quantitative estimate of drug-likeness (QED) is 0.683. The smallest absolute Gasteiger partial charge is 0.315 e. The van der Waals surface area contributed by atoms with Gasteiger partial charge in [0, 0.05) is 12.6 Å². The highest BCUT2D eigenvalue weighted by molar-refractivity contribution is 5.76. The van der Waals surface area contributed by atoms with Crippen LogP contribution in [0.15, 0.2) is 0 Å². The highest BCUT2D eigenvalue weighted by Crippen LogP contribution is 2.15. The maximum Gasteiger partial charge on any atom is 0.315 e. The number of carbonyl (C=O) groups is 2.